The van der Waals surface area contributed by atoms with E-state index >= 15 is 0 Å². The number of aryl methyl sites for hydroxylation is 1. The fourth-order valence-electron chi connectivity index (χ4n) is 0.433. The van der Waals surface area contributed by atoms with E-state index in [1.165, 1.54) is 4.68 Å². The molecule has 0 saturated heterocycles. The van der Waals surface area contributed by atoms with Crippen LogP contribution in [-0.2, 0) is 0 Å². The van der Waals surface area contributed by atoms with Crippen LogP contribution in [0.15, 0.2) is 4.94 Å². The summed E-state index contributed by atoms with van der Waals surface area (Å²) < 4.78 is 2.31. The number of rotatable bonds is 0. The van der Waals surface area contributed by atoms with Gasteiger partial charge in [0.05, 0.1) is 0 Å². The van der Waals surface area contributed by atoms with Crippen molar-refractivity contribution >= 4 is 19.2 Å². The molecule has 0 aliphatic rings. The first kappa shape index (κ1) is 5.66. The summed E-state index contributed by atoms with van der Waals surface area (Å²) in [7, 11) is 0. The molecule has 1 aromatic heterocycles. The van der Waals surface area contributed by atoms with E-state index in [4.69, 9.17) is 11.6 Å². The van der Waals surface area contributed by atoms with Gasteiger partial charge in [-0.3, -0.25) is 0 Å². The average molecular weight is 177 g/mol. The van der Waals surface area contributed by atoms with Crippen LogP contribution < -0.4 is 16.3 Å². The Labute approximate surface area is 53.6 Å². The maximum absolute atomic E-state index is 5.46. The molecule has 0 aliphatic carbocycles. The van der Waals surface area contributed by atoms with Gasteiger partial charge in [-0.15, -0.1) is 0 Å². The Balaban J connectivity index is 3.19. The Hall–Kier alpha value is -0.471. The minimum atomic E-state index is 0.304. The minimum absolute atomic E-state index is 0.304. The van der Waals surface area contributed by atoms with Gasteiger partial charge in [0.2, 0.25) is 0 Å². The standard InChI is InChI=1S/C4H7N3Se/c1-3-2-8-4(5)7(3)6/h2,5H,6H2,1H3/p+1. The molecular weight excluding hydrogens is 169 g/mol. The number of anilines is 1. The van der Waals surface area contributed by atoms with Crippen molar-refractivity contribution in [3.63, 3.8) is 0 Å². The van der Waals surface area contributed by atoms with E-state index in [0.29, 0.717) is 14.5 Å². The van der Waals surface area contributed by atoms with Gasteiger partial charge >= 0.3 is 53.0 Å². The zero-order chi connectivity index (χ0) is 6.15. The van der Waals surface area contributed by atoms with E-state index < -0.39 is 0 Å². The van der Waals surface area contributed by atoms with Crippen LogP contribution in [0.25, 0.3) is 0 Å². The molecule has 4 N–H and O–H groups in total. The van der Waals surface area contributed by atoms with Crippen LogP contribution in [0.2, 0.25) is 0 Å². The van der Waals surface area contributed by atoms with Gasteiger partial charge in [0.25, 0.3) is 0 Å². The van der Waals surface area contributed by atoms with Crippen LogP contribution in [0.4, 0.5) is 4.69 Å². The molecule has 1 heterocycles. The second kappa shape index (κ2) is 1.80. The number of hydrogen-bond donors (Lipinski definition) is 2. The molecule has 0 amide bonds. The number of nitrogen functional groups attached to an aromatic ring is 2. The van der Waals surface area contributed by atoms with Crippen molar-refractivity contribution in [1.82, 2.24) is 0 Å². The monoisotopic (exact) mass is 178 g/mol. The van der Waals surface area contributed by atoms with Gasteiger partial charge in [0.15, 0.2) is 0 Å². The molecule has 1 aromatic rings. The summed E-state index contributed by atoms with van der Waals surface area (Å²) >= 11 is 0.304. The quantitative estimate of drug-likeness (QED) is 0.292. The molecule has 0 aromatic carbocycles. The molecule has 0 aliphatic heterocycles. The number of nitrogens with zero attached hydrogens (tertiary/aromatic N) is 1. The fraction of sp³-hybridized carbons (Fsp3) is 0.250. The third-order valence-corrected chi connectivity index (χ3v) is 2.85. The van der Waals surface area contributed by atoms with Crippen LogP contribution in [-0.4, -0.2) is 14.5 Å². The second-order valence-electron chi connectivity index (χ2n) is 1.59. The average Bonchev–Trinajstić information content (AvgIpc) is 1.98. The third-order valence-electron chi connectivity index (χ3n) is 0.968. The predicted molar refractivity (Wildman–Crippen MR) is 32.9 cm³/mol. The van der Waals surface area contributed by atoms with Crippen molar-refractivity contribution in [2.24, 2.45) is 0 Å². The van der Waals surface area contributed by atoms with E-state index in [1.54, 1.807) is 0 Å². The van der Waals surface area contributed by atoms with Crippen LogP contribution >= 0.6 is 0 Å². The van der Waals surface area contributed by atoms with E-state index in [0.717, 1.165) is 10.4 Å². The van der Waals surface area contributed by atoms with Crippen molar-refractivity contribution in [3.05, 3.63) is 10.6 Å². The summed E-state index contributed by atoms with van der Waals surface area (Å²) in [5.41, 5.74) is 6.52. The van der Waals surface area contributed by atoms with Gasteiger partial charge in [-0.25, -0.2) is 0 Å². The zero-order valence-electron chi connectivity index (χ0n) is 4.59. The molecular formula is C4H8N3Se+. The third kappa shape index (κ3) is 0.723. The molecule has 0 unspecified atom stereocenters. The van der Waals surface area contributed by atoms with Gasteiger partial charge in [0, 0.05) is 0 Å². The first-order valence-corrected chi connectivity index (χ1v) is 4.07. The van der Waals surface area contributed by atoms with Crippen LogP contribution in [0.1, 0.15) is 5.69 Å². The Kier molecular flexibility index (Phi) is 1.27. The maximum atomic E-state index is 5.46. The van der Waals surface area contributed by atoms with Crippen molar-refractivity contribution in [1.29, 1.82) is 0 Å². The molecule has 0 spiro atoms. The first-order valence-electron chi connectivity index (χ1n) is 2.22. The van der Waals surface area contributed by atoms with Crippen molar-refractivity contribution in [2.45, 2.75) is 6.92 Å². The van der Waals surface area contributed by atoms with Crippen molar-refractivity contribution in [3.8, 4) is 0 Å². The molecule has 3 nitrogen and oxygen atoms in total. The number of aromatic nitrogens is 1. The molecule has 8 heavy (non-hydrogen) atoms. The summed E-state index contributed by atoms with van der Waals surface area (Å²) in [4.78, 5) is 2.06. The van der Waals surface area contributed by atoms with Crippen LogP contribution in [0.3, 0.4) is 0 Å². The Bertz CT molecular complexity index is 174. The summed E-state index contributed by atoms with van der Waals surface area (Å²) in [6.07, 6.45) is 0. The molecule has 0 bridgehead atoms. The Morgan fingerprint density at radius 3 is 2.50 bits per heavy atom. The molecule has 0 radical (unpaired) electrons. The normalized spacial score (nSPS) is 9.62. The van der Waals surface area contributed by atoms with Crippen LogP contribution in [0, 0.1) is 6.92 Å². The molecule has 4 heteroatoms. The second-order valence-corrected chi connectivity index (χ2v) is 3.45. The van der Waals surface area contributed by atoms with Crippen LogP contribution in [0.5, 0.6) is 0 Å². The molecule has 1 rings (SSSR count). The van der Waals surface area contributed by atoms with Gasteiger partial charge in [-0.05, 0) is 0 Å². The molecule has 0 fully saturated rings. The molecule has 0 saturated carbocycles. The van der Waals surface area contributed by atoms with Gasteiger partial charge in [0.1, 0.15) is 0 Å². The summed E-state index contributed by atoms with van der Waals surface area (Å²) in [5.74, 6) is 5.44. The molecule has 0 atom stereocenters. The number of hydrogen-bond acceptors (Lipinski definition) is 2. The van der Waals surface area contributed by atoms with E-state index in [2.05, 4.69) is 4.94 Å². The van der Waals surface area contributed by atoms with Gasteiger partial charge in [-0.1, -0.05) is 0 Å². The summed E-state index contributed by atoms with van der Waals surface area (Å²) in [6, 6.07) is 0. The number of nitrogens with two attached hydrogens (primary N) is 2. The first-order chi connectivity index (χ1) is 3.72. The Morgan fingerprint density at radius 2 is 2.38 bits per heavy atom. The zero-order valence-corrected chi connectivity index (χ0v) is 6.30. The summed E-state index contributed by atoms with van der Waals surface area (Å²) in [6.45, 7) is 1.95. The van der Waals surface area contributed by atoms with Gasteiger partial charge in [-0.2, -0.15) is 0 Å². The molecule has 44 valence electrons. The SMILES string of the molecule is Cc1c[se]c(N)[n+]1N. The Morgan fingerprint density at radius 1 is 1.75 bits per heavy atom. The van der Waals surface area contributed by atoms with Gasteiger partial charge < -0.3 is 0 Å². The van der Waals surface area contributed by atoms with E-state index in [9.17, 15) is 0 Å². The van der Waals surface area contributed by atoms with E-state index in [1.807, 2.05) is 6.92 Å². The fourth-order valence-corrected chi connectivity index (χ4v) is 1.82. The van der Waals surface area contributed by atoms with E-state index in [-0.39, 0.29) is 0 Å². The summed E-state index contributed by atoms with van der Waals surface area (Å²) in [5, 5.41) is 0. The van der Waals surface area contributed by atoms with Crippen molar-refractivity contribution in [2.75, 3.05) is 11.6 Å². The van der Waals surface area contributed by atoms with Crippen molar-refractivity contribution < 1.29 is 4.68 Å². The predicted octanol–water partition coefficient (Wildman–Crippen LogP) is -1.36. The topological polar surface area (TPSA) is 55.9 Å².